The van der Waals surface area contributed by atoms with Gasteiger partial charge >= 0.3 is 6.09 Å². The minimum atomic E-state index is -1.54. The summed E-state index contributed by atoms with van der Waals surface area (Å²) >= 11 is 0. The highest BCUT2D eigenvalue weighted by molar-refractivity contribution is 6.00. The number of aryl methyl sites for hydroxylation is 1. The normalized spacial score (nSPS) is 12.6. The van der Waals surface area contributed by atoms with E-state index in [1.165, 1.54) is 19.4 Å². The Kier molecular flexibility index (Phi) is 6.36. The molecule has 1 atom stereocenters. The van der Waals surface area contributed by atoms with Gasteiger partial charge in [-0.15, -0.1) is 0 Å². The number of allylic oxidation sites excluding steroid dienone is 1. The summed E-state index contributed by atoms with van der Waals surface area (Å²) in [7, 11) is 0. The molecule has 6 heteroatoms. The number of alkyl carbamates (subject to hydrolysis) is 1. The van der Waals surface area contributed by atoms with Crippen molar-refractivity contribution in [3.63, 3.8) is 0 Å². The smallest absolute Gasteiger partial charge is 0.413 e. The molecule has 0 aliphatic rings. The largest absolute Gasteiger partial charge is 0.416 e. The molecule has 2 amide bonds. The van der Waals surface area contributed by atoms with Crippen molar-refractivity contribution in [2.24, 2.45) is 0 Å². The van der Waals surface area contributed by atoms with Crippen LogP contribution in [0.1, 0.15) is 19.4 Å². The maximum Gasteiger partial charge on any atom is 0.413 e. The van der Waals surface area contributed by atoms with E-state index in [2.05, 4.69) is 17.2 Å². The quantitative estimate of drug-likeness (QED) is 0.680. The van der Waals surface area contributed by atoms with E-state index in [1.54, 1.807) is 12.1 Å². The minimum Gasteiger partial charge on any atom is -0.416 e. The number of carbonyl (C=O) groups excluding carboxylic acids is 2. The van der Waals surface area contributed by atoms with Crippen LogP contribution in [-0.2, 0) is 9.53 Å². The lowest BCUT2D eigenvalue weighted by atomic mass is 10.0. The van der Waals surface area contributed by atoms with E-state index in [4.69, 9.17) is 4.74 Å². The predicted molar refractivity (Wildman–Crippen MR) is 105 cm³/mol. The Morgan fingerprint density at radius 3 is 2.07 bits per heavy atom. The Hall–Kier alpha value is -3.12. The van der Waals surface area contributed by atoms with Gasteiger partial charge in [-0.2, -0.15) is 0 Å². The van der Waals surface area contributed by atoms with Crippen LogP contribution in [0.4, 0.5) is 10.5 Å². The van der Waals surface area contributed by atoms with E-state index in [0.717, 1.165) is 11.1 Å². The molecule has 27 heavy (non-hydrogen) atoms. The van der Waals surface area contributed by atoms with Crippen LogP contribution in [0.3, 0.4) is 0 Å². The molecular formula is C21H24N2O4. The number of amides is 2. The summed E-state index contributed by atoms with van der Waals surface area (Å²) in [6.45, 7) is 7.80. The van der Waals surface area contributed by atoms with Crippen LogP contribution in [0.5, 0.6) is 0 Å². The van der Waals surface area contributed by atoms with Crippen LogP contribution in [0.2, 0.25) is 0 Å². The van der Waals surface area contributed by atoms with Crippen LogP contribution in [-0.4, -0.2) is 29.3 Å². The van der Waals surface area contributed by atoms with Gasteiger partial charge in [-0.25, -0.2) is 4.79 Å². The lowest BCUT2D eigenvalue weighted by molar-refractivity contribution is -0.123. The van der Waals surface area contributed by atoms with E-state index >= 15 is 0 Å². The number of hydrogen-bond acceptors (Lipinski definition) is 4. The van der Waals surface area contributed by atoms with Crippen molar-refractivity contribution in [3.8, 4) is 11.1 Å². The second-order valence-corrected chi connectivity index (χ2v) is 6.60. The van der Waals surface area contributed by atoms with Gasteiger partial charge in [-0.3, -0.25) is 4.79 Å². The van der Waals surface area contributed by atoms with Gasteiger partial charge in [-0.05, 0) is 44.0 Å². The molecule has 2 rings (SSSR count). The summed E-state index contributed by atoms with van der Waals surface area (Å²) in [6.07, 6.45) is -0.857. The molecular weight excluding hydrogens is 344 g/mol. The minimum absolute atomic E-state index is 0.180. The summed E-state index contributed by atoms with van der Waals surface area (Å²) in [6, 6.07) is 15.4. The van der Waals surface area contributed by atoms with Crippen LogP contribution < -0.4 is 10.6 Å². The Bertz CT molecular complexity index is 828. The second-order valence-electron chi connectivity index (χ2n) is 6.60. The summed E-state index contributed by atoms with van der Waals surface area (Å²) < 4.78 is 4.79. The summed E-state index contributed by atoms with van der Waals surface area (Å²) in [5.74, 6) is -0.383. The Labute approximate surface area is 158 Å². The average molecular weight is 368 g/mol. The van der Waals surface area contributed by atoms with Gasteiger partial charge in [-0.1, -0.05) is 48.5 Å². The van der Waals surface area contributed by atoms with Crippen molar-refractivity contribution < 1.29 is 19.4 Å². The average Bonchev–Trinajstić information content (AvgIpc) is 2.62. The maximum absolute atomic E-state index is 12.5. The third-order valence-electron chi connectivity index (χ3n) is 3.99. The van der Waals surface area contributed by atoms with Gasteiger partial charge < -0.3 is 20.5 Å². The third kappa shape index (κ3) is 5.43. The van der Waals surface area contributed by atoms with E-state index in [-0.39, 0.29) is 5.76 Å². The fourth-order valence-corrected chi connectivity index (χ4v) is 2.34. The van der Waals surface area contributed by atoms with Crippen LogP contribution in [0.15, 0.2) is 60.9 Å². The number of ether oxygens (including phenoxy) is 1. The zero-order valence-corrected chi connectivity index (χ0v) is 15.7. The molecule has 0 fully saturated rings. The molecule has 0 radical (unpaired) electrons. The number of hydrogen-bond donors (Lipinski definition) is 3. The zero-order valence-electron chi connectivity index (χ0n) is 15.7. The van der Waals surface area contributed by atoms with E-state index in [1.807, 2.05) is 43.3 Å². The van der Waals surface area contributed by atoms with Crippen molar-refractivity contribution in [1.29, 1.82) is 0 Å². The van der Waals surface area contributed by atoms with Crippen LogP contribution in [0.25, 0.3) is 11.1 Å². The first-order valence-corrected chi connectivity index (χ1v) is 8.48. The molecule has 0 heterocycles. The number of carbonyl (C=O) groups is 2. The van der Waals surface area contributed by atoms with Crippen molar-refractivity contribution in [2.75, 3.05) is 11.9 Å². The molecule has 3 N–H and O–H groups in total. The first-order valence-electron chi connectivity index (χ1n) is 8.48. The number of benzene rings is 2. The summed E-state index contributed by atoms with van der Waals surface area (Å²) in [5.41, 5.74) is 2.28. The van der Waals surface area contributed by atoms with Crippen LogP contribution >= 0.6 is 0 Å². The summed E-state index contributed by atoms with van der Waals surface area (Å²) in [5, 5.41) is 14.6. The van der Waals surface area contributed by atoms with Crippen molar-refractivity contribution in [3.05, 3.63) is 66.4 Å². The topological polar surface area (TPSA) is 87.7 Å². The first kappa shape index (κ1) is 20.2. The number of rotatable bonds is 6. The summed E-state index contributed by atoms with van der Waals surface area (Å²) in [4.78, 5) is 24.2. The molecule has 0 aromatic heterocycles. The molecule has 0 spiro atoms. The Morgan fingerprint density at radius 2 is 1.59 bits per heavy atom. The fourth-order valence-electron chi connectivity index (χ4n) is 2.34. The molecule has 6 nitrogen and oxygen atoms in total. The molecule has 0 aliphatic heterocycles. The number of aliphatic hydroxyl groups is 1. The van der Waals surface area contributed by atoms with E-state index < -0.39 is 24.1 Å². The monoisotopic (exact) mass is 368 g/mol. The van der Waals surface area contributed by atoms with Gasteiger partial charge in [0.25, 0.3) is 5.91 Å². The molecule has 0 unspecified atom stereocenters. The predicted octanol–water partition coefficient (Wildman–Crippen LogP) is 3.61. The highest BCUT2D eigenvalue weighted by Gasteiger charge is 2.35. The van der Waals surface area contributed by atoms with Crippen LogP contribution in [0, 0.1) is 6.92 Å². The highest BCUT2D eigenvalue weighted by Crippen LogP contribution is 2.22. The first-order chi connectivity index (χ1) is 12.7. The van der Waals surface area contributed by atoms with Crippen molar-refractivity contribution in [2.45, 2.75) is 26.3 Å². The van der Waals surface area contributed by atoms with Gasteiger partial charge in [0.1, 0.15) is 5.54 Å². The number of aliphatic hydroxyl groups excluding tert-OH is 1. The standard InChI is InChI=1S/C21H24N2O4/c1-14(2)27-20(26)23-21(4,13-24)19(25)22-18-11-9-17(10-12-18)16-7-5-15(3)6-8-16/h5-12,24H,1,13H2,2-4H3,(H,22,25)(H,23,26)/t21-/m0/s1. The lowest BCUT2D eigenvalue weighted by Gasteiger charge is -2.27. The van der Waals surface area contributed by atoms with Gasteiger partial charge in [0.15, 0.2) is 0 Å². The second kappa shape index (κ2) is 8.51. The van der Waals surface area contributed by atoms with E-state index in [9.17, 15) is 14.7 Å². The van der Waals surface area contributed by atoms with Crippen molar-refractivity contribution >= 4 is 17.7 Å². The van der Waals surface area contributed by atoms with Crippen molar-refractivity contribution in [1.82, 2.24) is 5.32 Å². The number of nitrogens with one attached hydrogen (secondary N) is 2. The molecule has 0 bridgehead atoms. The highest BCUT2D eigenvalue weighted by atomic mass is 16.6. The molecule has 0 saturated heterocycles. The maximum atomic E-state index is 12.5. The Balaban J connectivity index is 2.08. The SMILES string of the molecule is C=C(C)OC(=O)N[C@@](C)(CO)C(=O)Nc1ccc(-c2ccc(C)cc2)cc1. The molecule has 0 aliphatic carbocycles. The van der Waals surface area contributed by atoms with Gasteiger partial charge in [0, 0.05) is 5.69 Å². The van der Waals surface area contributed by atoms with Gasteiger partial charge in [0.2, 0.25) is 0 Å². The molecule has 2 aromatic rings. The Morgan fingerprint density at radius 1 is 1.07 bits per heavy atom. The molecule has 0 saturated carbocycles. The fraction of sp³-hybridized carbons (Fsp3) is 0.238. The van der Waals surface area contributed by atoms with Gasteiger partial charge in [0.05, 0.1) is 12.4 Å². The molecule has 2 aromatic carbocycles. The number of anilines is 1. The molecule has 142 valence electrons. The van der Waals surface area contributed by atoms with E-state index in [0.29, 0.717) is 5.69 Å². The zero-order chi connectivity index (χ0) is 20.0. The lowest BCUT2D eigenvalue weighted by Crippen LogP contribution is -2.57. The third-order valence-corrected chi connectivity index (χ3v) is 3.99.